The lowest BCUT2D eigenvalue weighted by molar-refractivity contribution is 0.0678. The molecule has 1 saturated heterocycles. The summed E-state index contributed by atoms with van der Waals surface area (Å²) in [5, 5.41) is 0. The van der Waals surface area contributed by atoms with Gasteiger partial charge in [-0.1, -0.05) is 0 Å². The Morgan fingerprint density at radius 2 is 1.84 bits per heavy atom. The van der Waals surface area contributed by atoms with Crippen LogP contribution in [0.1, 0.15) is 23.2 Å². The summed E-state index contributed by atoms with van der Waals surface area (Å²) in [6.07, 6.45) is 2.27. The molecular weight excluding hydrogens is 324 g/mol. The SMILES string of the molecule is O=C(Oc1ccc2c(c1)OCO2)c1ccc(OCC2CCCO2)cc1. The van der Waals surface area contributed by atoms with Gasteiger partial charge in [-0.05, 0) is 49.2 Å². The highest BCUT2D eigenvalue weighted by atomic mass is 16.7. The van der Waals surface area contributed by atoms with Crippen molar-refractivity contribution < 1.29 is 28.5 Å². The molecule has 25 heavy (non-hydrogen) atoms. The Hall–Kier alpha value is -2.73. The van der Waals surface area contributed by atoms with Crippen LogP contribution < -0.4 is 18.9 Å². The standard InChI is InChI=1S/C19H18O6/c20-19(25-15-7-8-17-18(10-15)24-12-23-17)13-3-5-14(6-4-13)22-11-16-2-1-9-21-16/h3-8,10,16H,1-2,9,11-12H2. The number of rotatable bonds is 5. The van der Waals surface area contributed by atoms with Crippen LogP contribution in [0.4, 0.5) is 0 Å². The van der Waals surface area contributed by atoms with E-state index in [2.05, 4.69) is 0 Å². The van der Waals surface area contributed by atoms with Gasteiger partial charge < -0.3 is 23.7 Å². The average molecular weight is 342 g/mol. The number of hydrogen-bond acceptors (Lipinski definition) is 6. The van der Waals surface area contributed by atoms with E-state index in [-0.39, 0.29) is 12.9 Å². The van der Waals surface area contributed by atoms with Gasteiger partial charge in [-0.3, -0.25) is 0 Å². The molecule has 2 aliphatic rings. The predicted molar refractivity (Wildman–Crippen MR) is 88.4 cm³/mol. The van der Waals surface area contributed by atoms with Crippen LogP contribution in [0.3, 0.4) is 0 Å². The van der Waals surface area contributed by atoms with E-state index in [0.717, 1.165) is 19.4 Å². The van der Waals surface area contributed by atoms with E-state index in [9.17, 15) is 4.79 Å². The summed E-state index contributed by atoms with van der Waals surface area (Å²) in [5.74, 6) is 1.89. The zero-order valence-corrected chi connectivity index (χ0v) is 13.6. The van der Waals surface area contributed by atoms with Gasteiger partial charge in [0.25, 0.3) is 0 Å². The summed E-state index contributed by atoms with van der Waals surface area (Å²) in [6, 6.07) is 11.9. The molecule has 4 rings (SSSR count). The highest BCUT2D eigenvalue weighted by Gasteiger charge is 2.17. The molecule has 0 N–H and O–H groups in total. The fourth-order valence-electron chi connectivity index (χ4n) is 2.76. The third-order valence-electron chi connectivity index (χ3n) is 4.10. The molecule has 130 valence electrons. The van der Waals surface area contributed by atoms with Crippen molar-refractivity contribution in [1.82, 2.24) is 0 Å². The van der Waals surface area contributed by atoms with E-state index >= 15 is 0 Å². The first kappa shape index (κ1) is 15.8. The molecule has 2 aliphatic heterocycles. The van der Waals surface area contributed by atoms with E-state index in [0.29, 0.717) is 35.2 Å². The fourth-order valence-corrected chi connectivity index (χ4v) is 2.76. The summed E-state index contributed by atoms with van der Waals surface area (Å²) in [7, 11) is 0. The Morgan fingerprint density at radius 1 is 1.04 bits per heavy atom. The summed E-state index contributed by atoms with van der Waals surface area (Å²) in [6.45, 7) is 1.51. The summed E-state index contributed by atoms with van der Waals surface area (Å²) >= 11 is 0. The van der Waals surface area contributed by atoms with E-state index < -0.39 is 5.97 Å². The molecule has 2 aromatic carbocycles. The van der Waals surface area contributed by atoms with Gasteiger partial charge in [0.1, 0.15) is 18.1 Å². The van der Waals surface area contributed by atoms with Crippen LogP contribution in [0, 0.1) is 0 Å². The molecule has 2 heterocycles. The van der Waals surface area contributed by atoms with Crippen molar-refractivity contribution in [2.24, 2.45) is 0 Å². The molecule has 0 amide bonds. The second kappa shape index (κ2) is 7.03. The Kier molecular flexibility index (Phi) is 4.43. The van der Waals surface area contributed by atoms with Crippen molar-refractivity contribution in [2.75, 3.05) is 20.0 Å². The monoisotopic (exact) mass is 342 g/mol. The minimum absolute atomic E-state index is 0.163. The second-order valence-electron chi connectivity index (χ2n) is 5.87. The molecular formula is C19H18O6. The zero-order chi connectivity index (χ0) is 17.1. The maximum Gasteiger partial charge on any atom is 0.343 e. The molecule has 1 unspecified atom stereocenters. The van der Waals surface area contributed by atoms with Gasteiger partial charge in [0.05, 0.1) is 11.7 Å². The summed E-state index contributed by atoms with van der Waals surface area (Å²) in [4.78, 5) is 12.2. The highest BCUT2D eigenvalue weighted by molar-refractivity contribution is 5.91. The van der Waals surface area contributed by atoms with Gasteiger partial charge in [-0.25, -0.2) is 4.79 Å². The predicted octanol–water partition coefficient (Wildman–Crippen LogP) is 3.19. The Morgan fingerprint density at radius 3 is 2.64 bits per heavy atom. The summed E-state index contributed by atoms with van der Waals surface area (Å²) < 4.78 is 27.1. The maximum absolute atomic E-state index is 12.2. The van der Waals surface area contributed by atoms with Gasteiger partial charge in [0, 0.05) is 12.7 Å². The van der Waals surface area contributed by atoms with Crippen molar-refractivity contribution in [3.8, 4) is 23.0 Å². The molecule has 0 bridgehead atoms. The topological polar surface area (TPSA) is 63.2 Å². The second-order valence-corrected chi connectivity index (χ2v) is 5.87. The Balaban J connectivity index is 1.35. The fraction of sp³-hybridized carbons (Fsp3) is 0.316. The molecule has 1 atom stereocenters. The number of carbonyl (C=O) groups excluding carboxylic acids is 1. The van der Waals surface area contributed by atoms with Crippen LogP contribution in [-0.2, 0) is 4.74 Å². The molecule has 2 aromatic rings. The number of hydrogen-bond donors (Lipinski definition) is 0. The first-order chi connectivity index (χ1) is 12.3. The third kappa shape index (κ3) is 3.69. The number of esters is 1. The molecule has 0 radical (unpaired) electrons. The van der Waals surface area contributed by atoms with Crippen LogP contribution >= 0.6 is 0 Å². The van der Waals surface area contributed by atoms with Crippen LogP contribution in [-0.4, -0.2) is 32.1 Å². The maximum atomic E-state index is 12.2. The lowest BCUT2D eigenvalue weighted by atomic mass is 10.2. The van der Waals surface area contributed by atoms with Crippen molar-refractivity contribution >= 4 is 5.97 Å². The Labute approximate surface area is 145 Å². The first-order valence-corrected chi connectivity index (χ1v) is 8.24. The first-order valence-electron chi connectivity index (χ1n) is 8.24. The molecule has 1 fully saturated rings. The Bertz CT molecular complexity index is 749. The van der Waals surface area contributed by atoms with E-state index in [4.69, 9.17) is 23.7 Å². The molecule has 6 heteroatoms. The van der Waals surface area contributed by atoms with E-state index in [1.54, 1.807) is 42.5 Å². The van der Waals surface area contributed by atoms with Crippen molar-refractivity contribution in [2.45, 2.75) is 18.9 Å². The van der Waals surface area contributed by atoms with Gasteiger partial charge in [-0.15, -0.1) is 0 Å². The lowest BCUT2D eigenvalue weighted by Crippen LogP contribution is -2.16. The summed E-state index contributed by atoms with van der Waals surface area (Å²) in [5.41, 5.74) is 0.446. The van der Waals surface area contributed by atoms with Gasteiger partial charge >= 0.3 is 5.97 Å². The quantitative estimate of drug-likeness (QED) is 0.614. The van der Waals surface area contributed by atoms with E-state index in [1.165, 1.54) is 0 Å². The van der Waals surface area contributed by atoms with Crippen molar-refractivity contribution in [1.29, 1.82) is 0 Å². The highest BCUT2D eigenvalue weighted by Crippen LogP contribution is 2.35. The average Bonchev–Trinajstić information content (AvgIpc) is 3.31. The van der Waals surface area contributed by atoms with Gasteiger partial charge in [0.15, 0.2) is 11.5 Å². The number of ether oxygens (including phenoxy) is 5. The number of benzene rings is 2. The molecule has 0 spiro atoms. The van der Waals surface area contributed by atoms with E-state index in [1.807, 2.05) is 0 Å². The molecule has 0 saturated carbocycles. The van der Waals surface area contributed by atoms with Crippen molar-refractivity contribution in [3.05, 3.63) is 48.0 Å². The van der Waals surface area contributed by atoms with Crippen molar-refractivity contribution in [3.63, 3.8) is 0 Å². The van der Waals surface area contributed by atoms with Crippen LogP contribution in [0.5, 0.6) is 23.0 Å². The van der Waals surface area contributed by atoms with Crippen LogP contribution in [0.15, 0.2) is 42.5 Å². The largest absolute Gasteiger partial charge is 0.491 e. The smallest absolute Gasteiger partial charge is 0.343 e. The number of fused-ring (bicyclic) bond motifs is 1. The number of carbonyl (C=O) groups is 1. The zero-order valence-electron chi connectivity index (χ0n) is 13.6. The molecule has 0 aromatic heterocycles. The van der Waals surface area contributed by atoms with Gasteiger partial charge in [-0.2, -0.15) is 0 Å². The van der Waals surface area contributed by atoms with Gasteiger partial charge in [0.2, 0.25) is 6.79 Å². The molecule has 6 nitrogen and oxygen atoms in total. The van der Waals surface area contributed by atoms with Crippen LogP contribution in [0.2, 0.25) is 0 Å². The minimum atomic E-state index is -0.440. The lowest BCUT2D eigenvalue weighted by Gasteiger charge is -2.11. The third-order valence-corrected chi connectivity index (χ3v) is 4.10. The molecule has 0 aliphatic carbocycles. The minimum Gasteiger partial charge on any atom is -0.491 e. The normalized spacial score (nSPS) is 18.2. The van der Waals surface area contributed by atoms with Crippen LogP contribution in [0.25, 0.3) is 0 Å².